The monoisotopic (exact) mass is 471 g/mol. The fraction of sp³-hybridized carbons (Fsp3) is 0.318. The molecule has 12 heteroatoms. The van der Waals surface area contributed by atoms with Gasteiger partial charge in [-0.1, -0.05) is 0 Å². The van der Waals surface area contributed by atoms with Crippen LogP contribution in [0.1, 0.15) is 18.2 Å². The lowest BCUT2D eigenvalue weighted by molar-refractivity contribution is -0.134. The van der Waals surface area contributed by atoms with Crippen LogP contribution in [0.5, 0.6) is 0 Å². The van der Waals surface area contributed by atoms with Gasteiger partial charge in [0, 0.05) is 18.4 Å². The zero-order valence-corrected chi connectivity index (χ0v) is 18.2. The molecule has 2 aliphatic heterocycles. The molecule has 0 bridgehead atoms. The summed E-state index contributed by atoms with van der Waals surface area (Å²) in [6, 6.07) is 3.09. The van der Waals surface area contributed by atoms with Gasteiger partial charge in [0.2, 0.25) is 17.8 Å². The molecule has 2 aliphatic rings. The van der Waals surface area contributed by atoms with Crippen LogP contribution in [-0.2, 0) is 29.1 Å². The number of carbonyl (C=O) groups is 2. The first-order valence-electron chi connectivity index (χ1n) is 10.6. The summed E-state index contributed by atoms with van der Waals surface area (Å²) >= 11 is 0. The largest absolute Gasteiger partial charge is 0.332 e. The average molecular weight is 471 g/mol. The minimum absolute atomic E-state index is 0.0427. The Morgan fingerprint density at radius 3 is 2.53 bits per heavy atom. The number of carbonyl (C=O) groups excluding carboxylic acids is 2. The molecule has 9 nitrogen and oxygen atoms in total. The SMILES string of the molecule is C[C@H]1Cn2ncc(N3CN(c4ncccn4)CC3=O)c2CN1C(=O)Cc1cc(F)c(F)c(F)c1. The number of hydrogen-bond acceptors (Lipinski definition) is 6. The maximum Gasteiger partial charge on any atom is 0.248 e. The van der Waals surface area contributed by atoms with Gasteiger partial charge in [-0.3, -0.25) is 19.2 Å². The van der Waals surface area contributed by atoms with Crippen molar-refractivity contribution < 1.29 is 22.8 Å². The van der Waals surface area contributed by atoms with Crippen LogP contribution in [0.2, 0.25) is 0 Å². The van der Waals surface area contributed by atoms with E-state index in [4.69, 9.17) is 0 Å². The summed E-state index contributed by atoms with van der Waals surface area (Å²) in [5.74, 6) is -4.34. The molecule has 0 aliphatic carbocycles. The molecular weight excluding hydrogens is 451 g/mol. The van der Waals surface area contributed by atoms with Gasteiger partial charge in [0.15, 0.2) is 17.5 Å². The van der Waals surface area contributed by atoms with Crippen molar-refractivity contribution in [1.82, 2.24) is 24.6 Å². The molecule has 2 aromatic heterocycles. The average Bonchev–Trinajstić information content (AvgIpc) is 3.40. The second kappa shape index (κ2) is 8.43. The number of fused-ring (bicyclic) bond motifs is 1. The first kappa shape index (κ1) is 21.9. The number of aromatic nitrogens is 4. The fourth-order valence-electron chi connectivity index (χ4n) is 4.28. The predicted octanol–water partition coefficient (Wildman–Crippen LogP) is 1.87. The molecule has 0 radical (unpaired) electrons. The van der Waals surface area contributed by atoms with Crippen molar-refractivity contribution in [1.29, 1.82) is 0 Å². The number of rotatable bonds is 4. The van der Waals surface area contributed by atoms with Gasteiger partial charge in [-0.05, 0) is 30.7 Å². The van der Waals surface area contributed by atoms with Gasteiger partial charge >= 0.3 is 0 Å². The summed E-state index contributed by atoms with van der Waals surface area (Å²) in [6.07, 6.45) is 4.50. The Morgan fingerprint density at radius 2 is 1.82 bits per heavy atom. The normalized spacial score (nSPS) is 17.9. The molecule has 1 fully saturated rings. The maximum atomic E-state index is 13.6. The quantitative estimate of drug-likeness (QED) is 0.540. The molecular formula is C22H20F3N7O2. The van der Waals surface area contributed by atoms with Crippen molar-refractivity contribution in [3.05, 3.63) is 65.5 Å². The summed E-state index contributed by atoms with van der Waals surface area (Å²) in [7, 11) is 0. The molecule has 3 aromatic rings. The van der Waals surface area contributed by atoms with Crippen molar-refractivity contribution in [2.45, 2.75) is 32.5 Å². The van der Waals surface area contributed by atoms with Crippen LogP contribution >= 0.6 is 0 Å². The van der Waals surface area contributed by atoms with Crippen LogP contribution < -0.4 is 9.80 Å². The zero-order chi connectivity index (χ0) is 24.0. The van der Waals surface area contributed by atoms with E-state index in [2.05, 4.69) is 15.1 Å². The van der Waals surface area contributed by atoms with Crippen molar-refractivity contribution >= 4 is 23.5 Å². The van der Waals surface area contributed by atoms with Gasteiger partial charge in [-0.2, -0.15) is 5.10 Å². The van der Waals surface area contributed by atoms with E-state index in [-0.39, 0.29) is 49.6 Å². The Balaban J connectivity index is 1.36. The lowest BCUT2D eigenvalue weighted by atomic mass is 10.1. The van der Waals surface area contributed by atoms with Gasteiger partial charge in [-0.25, -0.2) is 23.1 Å². The summed E-state index contributed by atoms with van der Waals surface area (Å²) in [5.41, 5.74) is 1.29. The van der Waals surface area contributed by atoms with E-state index in [0.717, 1.165) is 12.1 Å². The molecule has 4 heterocycles. The molecule has 0 N–H and O–H groups in total. The third kappa shape index (κ3) is 3.84. The van der Waals surface area contributed by atoms with Gasteiger partial charge in [0.1, 0.15) is 13.2 Å². The third-order valence-corrected chi connectivity index (χ3v) is 6.00. The van der Waals surface area contributed by atoms with Crippen LogP contribution in [0.3, 0.4) is 0 Å². The first-order chi connectivity index (χ1) is 16.3. The van der Waals surface area contributed by atoms with Crippen molar-refractivity contribution in [3.8, 4) is 0 Å². The number of hydrogen-bond donors (Lipinski definition) is 0. The highest BCUT2D eigenvalue weighted by Crippen LogP contribution is 2.30. The number of nitrogens with zero attached hydrogens (tertiary/aromatic N) is 7. The second-order valence-corrected chi connectivity index (χ2v) is 8.29. The predicted molar refractivity (Wildman–Crippen MR) is 114 cm³/mol. The van der Waals surface area contributed by atoms with E-state index >= 15 is 0 Å². The number of amides is 2. The second-order valence-electron chi connectivity index (χ2n) is 8.29. The van der Waals surface area contributed by atoms with Crippen molar-refractivity contribution in [2.24, 2.45) is 0 Å². The summed E-state index contributed by atoms with van der Waals surface area (Å²) < 4.78 is 42.2. The molecule has 0 spiro atoms. The van der Waals surface area contributed by atoms with Crippen molar-refractivity contribution in [2.75, 3.05) is 23.0 Å². The van der Waals surface area contributed by atoms with E-state index in [9.17, 15) is 22.8 Å². The van der Waals surface area contributed by atoms with Crippen molar-refractivity contribution in [3.63, 3.8) is 0 Å². The van der Waals surface area contributed by atoms with Gasteiger partial charge in [0.05, 0.1) is 37.1 Å². The molecule has 34 heavy (non-hydrogen) atoms. The van der Waals surface area contributed by atoms with Gasteiger partial charge in [-0.15, -0.1) is 0 Å². The molecule has 0 unspecified atom stereocenters. The highest BCUT2D eigenvalue weighted by Gasteiger charge is 2.36. The van der Waals surface area contributed by atoms with Crippen LogP contribution in [0, 0.1) is 17.5 Å². The Morgan fingerprint density at radius 1 is 1.12 bits per heavy atom. The number of benzene rings is 1. The zero-order valence-electron chi connectivity index (χ0n) is 18.2. The minimum atomic E-state index is -1.57. The highest BCUT2D eigenvalue weighted by molar-refractivity contribution is 6.00. The smallest absolute Gasteiger partial charge is 0.248 e. The summed E-state index contributed by atoms with van der Waals surface area (Å²) in [6.45, 7) is 2.73. The lowest BCUT2D eigenvalue weighted by Crippen LogP contribution is -2.46. The molecule has 1 saturated heterocycles. The van der Waals surface area contributed by atoms with Crippen LogP contribution in [0.25, 0.3) is 0 Å². The molecule has 0 saturated carbocycles. The van der Waals surface area contributed by atoms with Gasteiger partial charge < -0.3 is 9.80 Å². The molecule has 176 valence electrons. The summed E-state index contributed by atoms with van der Waals surface area (Å²) in [5, 5.41) is 4.39. The maximum absolute atomic E-state index is 13.6. The summed E-state index contributed by atoms with van der Waals surface area (Å²) in [4.78, 5) is 39.0. The van der Waals surface area contributed by atoms with Crippen LogP contribution in [0.4, 0.5) is 24.8 Å². The van der Waals surface area contributed by atoms with E-state index in [1.165, 1.54) is 0 Å². The number of halogens is 3. The Hall–Kier alpha value is -3.96. The van der Waals surface area contributed by atoms with E-state index in [0.29, 0.717) is 23.9 Å². The number of anilines is 2. The topological polar surface area (TPSA) is 87.5 Å². The Bertz CT molecular complexity index is 1240. The third-order valence-electron chi connectivity index (χ3n) is 6.00. The molecule has 1 aromatic carbocycles. The lowest BCUT2D eigenvalue weighted by Gasteiger charge is -2.35. The Labute approximate surface area is 192 Å². The van der Waals surface area contributed by atoms with Crippen LogP contribution in [0.15, 0.2) is 36.8 Å². The molecule has 1 atom stereocenters. The first-order valence-corrected chi connectivity index (χ1v) is 10.6. The minimum Gasteiger partial charge on any atom is -0.332 e. The van der Waals surface area contributed by atoms with E-state index < -0.39 is 17.5 Å². The highest BCUT2D eigenvalue weighted by atomic mass is 19.2. The molecule has 5 rings (SSSR count). The molecule has 2 amide bonds. The van der Waals surface area contributed by atoms with Gasteiger partial charge in [0.25, 0.3) is 0 Å². The fourth-order valence-corrected chi connectivity index (χ4v) is 4.28. The Kier molecular flexibility index (Phi) is 5.42. The van der Waals surface area contributed by atoms with Crippen LogP contribution in [-0.4, -0.2) is 55.7 Å². The van der Waals surface area contributed by atoms with E-state index in [1.54, 1.807) is 44.0 Å². The standard InChI is InChI=1S/C22H20F3N7O2/c1-13-9-32-18(10-30(13)19(33)7-14-5-15(23)21(25)16(24)6-14)17(8-28-32)31-12-29(11-20(31)34)22-26-3-2-4-27-22/h2-6,8,13H,7,9-12H2,1H3/t13-/m0/s1. The van der Waals surface area contributed by atoms with E-state index in [1.807, 2.05) is 6.92 Å².